The van der Waals surface area contributed by atoms with Gasteiger partial charge in [-0.15, -0.1) is 0 Å². The molecule has 36 heavy (non-hydrogen) atoms. The van der Waals surface area contributed by atoms with Crippen LogP contribution in [0.25, 0.3) is 0 Å². The number of hydrogen-bond acceptors (Lipinski definition) is 3. The number of halogens is 1. The number of fused-ring (bicyclic) bond motifs is 1. The number of anilines is 1. The lowest BCUT2D eigenvalue weighted by atomic mass is 9.69. The van der Waals surface area contributed by atoms with Crippen molar-refractivity contribution >= 4 is 11.6 Å². The van der Waals surface area contributed by atoms with Gasteiger partial charge in [-0.3, -0.25) is 9.69 Å². The molecule has 1 amide bonds. The van der Waals surface area contributed by atoms with Crippen molar-refractivity contribution in [2.75, 3.05) is 4.90 Å². The minimum atomic E-state index is -1.69. The number of amides is 1. The van der Waals surface area contributed by atoms with Crippen molar-refractivity contribution in [3.05, 3.63) is 123 Å². The highest BCUT2D eigenvalue weighted by atomic mass is 19.1. The van der Waals surface area contributed by atoms with Crippen LogP contribution in [-0.2, 0) is 10.2 Å². The minimum Gasteiger partial charge on any atom is -0.507 e. The van der Waals surface area contributed by atoms with Gasteiger partial charge in [-0.2, -0.15) is 0 Å². The third-order valence-electron chi connectivity index (χ3n) is 7.26. The smallest absolute Gasteiger partial charge is 0.249 e. The number of carbonyl (C=O) groups is 1. The number of alkyl halides is 1. The highest BCUT2D eigenvalue weighted by molar-refractivity contribution is 6.13. The van der Waals surface area contributed by atoms with E-state index in [1.807, 2.05) is 18.2 Å². The summed E-state index contributed by atoms with van der Waals surface area (Å²) >= 11 is 0. The molecule has 0 saturated heterocycles. The van der Waals surface area contributed by atoms with Crippen LogP contribution in [0, 0.1) is 27.7 Å². The number of phenols is 2. The Hall–Kier alpha value is -4.12. The molecule has 0 aromatic heterocycles. The second-order valence-electron chi connectivity index (χ2n) is 9.61. The molecule has 1 atom stereocenters. The van der Waals surface area contributed by atoms with E-state index < -0.39 is 17.6 Å². The summed E-state index contributed by atoms with van der Waals surface area (Å²) in [6.07, 6.45) is -1.69. The second-order valence-corrected chi connectivity index (χ2v) is 9.61. The highest BCUT2D eigenvalue weighted by Gasteiger charge is 2.55. The molecule has 4 aromatic rings. The van der Waals surface area contributed by atoms with Crippen molar-refractivity contribution in [2.45, 2.75) is 39.4 Å². The van der Waals surface area contributed by atoms with Crippen molar-refractivity contribution in [3.63, 3.8) is 0 Å². The molecule has 0 aliphatic carbocycles. The first-order valence-electron chi connectivity index (χ1n) is 11.9. The zero-order chi connectivity index (χ0) is 25.8. The summed E-state index contributed by atoms with van der Waals surface area (Å²) in [7, 11) is 0. The van der Waals surface area contributed by atoms with Gasteiger partial charge in [0, 0.05) is 11.1 Å². The molecule has 2 N–H and O–H groups in total. The predicted octanol–water partition coefficient (Wildman–Crippen LogP) is 6.68. The number of carbonyl (C=O) groups excluding carboxylic acids is 1. The number of rotatable bonds is 4. The van der Waals surface area contributed by atoms with Crippen LogP contribution in [0.2, 0.25) is 0 Å². The zero-order valence-electron chi connectivity index (χ0n) is 20.7. The Kier molecular flexibility index (Phi) is 5.59. The molecule has 5 rings (SSSR count). The van der Waals surface area contributed by atoms with Crippen molar-refractivity contribution in [1.82, 2.24) is 0 Å². The summed E-state index contributed by atoms with van der Waals surface area (Å²) in [5, 5.41) is 21.0. The van der Waals surface area contributed by atoms with Crippen LogP contribution >= 0.6 is 0 Å². The first kappa shape index (κ1) is 23.6. The topological polar surface area (TPSA) is 60.8 Å². The van der Waals surface area contributed by atoms with Gasteiger partial charge in [0.15, 0.2) is 0 Å². The lowest BCUT2D eigenvalue weighted by Crippen LogP contribution is -2.43. The van der Waals surface area contributed by atoms with E-state index in [1.165, 1.54) is 4.90 Å². The number of aryl methyl sites for hydroxylation is 4. The van der Waals surface area contributed by atoms with Crippen LogP contribution in [0.5, 0.6) is 11.5 Å². The van der Waals surface area contributed by atoms with E-state index in [2.05, 4.69) is 0 Å². The first-order chi connectivity index (χ1) is 17.2. The Morgan fingerprint density at radius 1 is 0.722 bits per heavy atom. The molecule has 5 heteroatoms. The number of hydrogen-bond donors (Lipinski definition) is 2. The highest BCUT2D eigenvalue weighted by Crippen LogP contribution is 2.54. The summed E-state index contributed by atoms with van der Waals surface area (Å²) in [5.74, 6) is -0.0977. The third kappa shape index (κ3) is 3.30. The molecule has 1 aliphatic rings. The van der Waals surface area contributed by atoms with E-state index in [0.29, 0.717) is 50.2 Å². The maximum Gasteiger partial charge on any atom is 0.249 e. The molecule has 4 nitrogen and oxygen atoms in total. The van der Waals surface area contributed by atoms with Crippen molar-refractivity contribution in [1.29, 1.82) is 0 Å². The summed E-state index contributed by atoms with van der Waals surface area (Å²) in [6, 6.07) is 23.1. The van der Waals surface area contributed by atoms with Crippen LogP contribution in [0.15, 0.2) is 78.9 Å². The Balaban J connectivity index is 1.87. The van der Waals surface area contributed by atoms with E-state index in [4.69, 9.17) is 0 Å². The first-order valence-corrected chi connectivity index (χ1v) is 11.9. The molecular formula is C31H28FNO3. The monoisotopic (exact) mass is 481 g/mol. The molecule has 1 unspecified atom stereocenters. The molecule has 0 radical (unpaired) electrons. The van der Waals surface area contributed by atoms with Gasteiger partial charge in [0.05, 0.1) is 5.69 Å². The lowest BCUT2D eigenvalue weighted by molar-refractivity contribution is -0.121. The number of nitrogens with zero attached hydrogens (tertiary/aromatic N) is 1. The number of aromatic hydroxyl groups is 2. The molecule has 182 valence electrons. The summed E-state index contributed by atoms with van der Waals surface area (Å²) in [6.45, 7) is 7.16. The standard InChI is InChI=1S/C31H28FNO3/c1-18-14-23(15-19(2)27(18)34)31(24-16-20(3)28(35)21(4)17-24)25-12-8-9-13-26(25)33(30(31)36)29(32)22-10-6-5-7-11-22/h5-17,29,34-35H,1-4H3. The van der Waals surface area contributed by atoms with Gasteiger partial charge in [-0.25, -0.2) is 4.39 Å². The van der Waals surface area contributed by atoms with Crippen molar-refractivity contribution in [2.24, 2.45) is 0 Å². The molecule has 0 fully saturated rings. The SMILES string of the molecule is Cc1cc(C2(c3cc(C)c(O)c(C)c3)C(=O)N(C(F)c3ccccc3)c3ccccc32)cc(C)c1O. The number of phenolic OH excluding ortho intramolecular Hbond substituents is 2. The van der Waals surface area contributed by atoms with Gasteiger partial charge in [0.1, 0.15) is 16.9 Å². The fourth-order valence-electron chi connectivity index (χ4n) is 5.46. The molecular weight excluding hydrogens is 453 g/mol. The van der Waals surface area contributed by atoms with E-state index in [1.54, 1.807) is 88.4 Å². The van der Waals surface area contributed by atoms with Gasteiger partial charge in [0.2, 0.25) is 12.2 Å². The average Bonchev–Trinajstić information content (AvgIpc) is 3.14. The Morgan fingerprint density at radius 2 is 1.17 bits per heavy atom. The second kappa shape index (κ2) is 8.52. The Labute approximate surface area is 210 Å². The normalized spacial score (nSPS) is 15.1. The van der Waals surface area contributed by atoms with E-state index in [0.717, 1.165) is 0 Å². The molecule has 1 heterocycles. The number of para-hydroxylation sites is 1. The predicted molar refractivity (Wildman–Crippen MR) is 139 cm³/mol. The molecule has 0 saturated carbocycles. The van der Waals surface area contributed by atoms with Crippen LogP contribution in [0.4, 0.5) is 10.1 Å². The summed E-state index contributed by atoms with van der Waals surface area (Å²) < 4.78 is 16.2. The quantitative estimate of drug-likeness (QED) is 0.320. The Morgan fingerprint density at radius 3 is 1.67 bits per heavy atom. The van der Waals surface area contributed by atoms with Gasteiger partial charge in [-0.1, -0.05) is 72.8 Å². The third-order valence-corrected chi connectivity index (χ3v) is 7.26. The van der Waals surface area contributed by atoms with Gasteiger partial charge < -0.3 is 10.2 Å². The summed E-state index contributed by atoms with van der Waals surface area (Å²) in [4.78, 5) is 15.9. The van der Waals surface area contributed by atoms with Crippen LogP contribution in [0.1, 0.15) is 50.8 Å². The van der Waals surface area contributed by atoms with Crippen molar-refractivity contribution in [3.8, 4) is 11.5 Å². The fourth-order valence-corrected chi connectivity index (χ4v) is 5.46. The zero-order valence-corrected chi connectivity index (χ0v) is 20.7. The van der Waals surface area contributed by atoms with E-state index >= 15 is 4.39 Å². The molecule has 1 aliphatic heterocycles. The van der Waals surface area contributed by atoms with Crippen LogP contribution < -0.4 is 4.90 Å². The molecule has 4 aromatic carbocycles. The van der Waals surface area contributed by atoms with E-state index in [-0.39, 0.29) is 11.5 Å². The van der Waals surface area contributed by atoms with Crippen LogP contribution in [0.3, 0.4) is 0 Å². The van der Waals surface area contributed by atoms with Gasteiger partial charge in [-0.05, 0) is 67.1 Å². The minimum absolute atomic E-state index is 0.162. The Bertz CT molecular complexity index is 1390. The summed E-state index contributed by atoms with van der Waals surface area (Å²) in [5.41, 5.74) is 3.93. The fraction of sp³-hybridized carbons (Fsp3) is 0.194. The van der Waals surface area contributed by atoms with Crippen molar-refractivity contribution < 1.29 is 19.4 Å². The lowest BCUT2D eigenvalue weighted by Gasteiger charge is -2.32. The molecule has 0 spiro atoms. The van der Waals surface area contributed by atoms with Gasteiger partial charge >= 0.3 is 0 Å². The average molecular weight is 482 g/mol. The van der Waals surface area contributed by atoms with Gasteiger partial charge in [0.25, 0.3) is 0 Å². The largest absolute Gasteiger partial charge is 0.507 e. The maximum atomic E-state index is 16.2. The molecule has 0 bridgehead atoms. The van der Waals surface area contributed by atoms with E-state index in [9.17, 15) is 15.0 Å². The van der Waals surface area contributed by atoms with Crippen LogP contribution in [-0.4, -0.2) is 16.1 Å². The maximum absolute atomic E-state index is 16.2. The number of benzene rings is 4.